The normalized spacial score (nSPS) is 18.2. The van der Waals surface area contributed by atoms with E-state index in [0.717, 1.165) is 0 Å². The number of amides is 2. The van der Waals surface area contributed by atoms with Gasteiger partial charge in [0.25, 0.3) is 0 Å². The number of benzene rings is 1. The lowest BCUT2D eigenvalue weighted by atomic mass is 10.2. The fourth-order valence-electron chi connectivity index (χ4n) is 2.85. The Morgan fingerprint density at radius 1 is 1.27 bits per heavy atom. The Morgan fingerprint density at radius 2 is 1.92 bits per heavy atom. The second kappa shape index (κ2) is 8.31. The van der Waals surface area contributed by atoms with E-state index in [2.05, 4.69) is 10.1 Å². The second-order valence-electron chi connectivity index (χ2n) is 6.11. The number of rotatable bonds is 5. The van der Waals surface area contributed by atoms with Crippen LogP contribution in [0.25, 0.3) is 0 Å². The van der Waals surface area contributed by atoms with E-state index in [1.54, 1.807) is 30.3 Å². The average Bonchev–Trinajstić information content (AvgIpc) is 3.10. The van der Waals surface area contributed by atoms with Crippen LogP contribution in [0.2, 0.25) is 0 Å². The second-order valence-corrected chi connectivity index (χ2v) is 8.00. The molecule has 0 aromatic heterocycles. The lowest BCUT2D eigenvalue weighted by molar-refractivity contribution is -0.151. The molecule has 26 heavy (non-hydrogen) atoms. The predicted octanol–water partition coefficient (Wildman–Crippen LogP) is 0.863. The predicted molar refractivity (Wildman–Crippen MR) is 93.8 cm³/mol. The minimum absolute atomic E-state index is 0.357. The summed E-state index contributed by atoms with van der Waals surface area (Å²) in [4.78, 5) is 37.7. The summed E-state index contributed by atoms with van der Waals surface area (Å²) >= 11 is 0. The summed E-state index contributed by atoms with van der Waals surface area (Å²) in [5.41, 5.74) is 0.479. The molecule has 0 saturated carbocycles. The van der Waals surface area contributed by atoms with E-state index >= 15 is 0 Å². The first-order valence-corrected chi connectivity index (χ1v) is 9.87. The number of carbonyl (C=O) groups excluding carboxylic acids is 3. The topological polar surface area (TPSA) is 110 Å². The van der Waals surface area contributed by atoms with Crippen molar-refractivity contribution in [1.82, 2.24) is 10.2 Å². The molecule has 1 fully saturated rings. The monoisotopic (exact) mass is 382 g/mol. The highest BCUT2D eigenvalue weighted by Gasteiger charge is 2.37. The van der Waals surface area contributed by atoms with Crippen molar-refractivity contribution in [3.05, 3.63) is 35.9 Å². The van der Waals surface area contributed by atoms with E-state index < -0.39 is 44.8 Å². The Morgan fingerprint density at radius 3 is 2.54 bits per heavy atom. The zero-order chi connectivity index (χ0) is 19.3. The number of nitrogens with zero attached hydrogens (tertiary/aromatic N) is 1. The number of hydrogen-bond donors (Lipinski definition) is 1. The van der Waals surface area contributed by atoms with Crippen molar-refractivity contribution in [2.45, 2.75) is 37.6 Å². The summed E-state index contributed by atoms with van der Waals surface area (Å²) in [6.07, 6.45) is 1.11. The summed E-state index contributed by atoms with van der Waals surface area (Å²) < 4.78 is 29.1. The summed E-state index contributed by atoms with van der Waals surface area (Å²) in [5.74, 6) is -1.48. The van der Waals surface area contributed by atoms with Gasteiger partial charge in [0, 0.05) is 6.54 Å². The zero-order valence-electron chi connectivity index (χ0n) is 14.7. The van der Waals surface area contributed by atoms with E-state index in [9.17, 15) is 22.8 Å². The fourth-order valence-corrected chi connectivity index (χ4v) is 3.97. The fraction of sp³-hybridized carbons (Fsp3) is 0.471. The lowest BCUT2D eigenvalue weighted by Crippen LogP contribution is -2.51. The number of carbonyl (C=O) groups is 3. The highest BCUT2D eigenvalue weighted by Crippen LogP contribution is 2.19. The van der Waals surface area contributed by atoms with Crippen molar-refractivity contribution in [3.8, 4) is 0 Å². The molecule has 9 heteroatoms. The maximum absolute atomic E-state index is 12.5. The first-order chi connectivity index (χ1) is 12.3. The van der Waals surface area contributed by atoms with Crippen molar-refractivity contribution in [2.24, 2.45) is 0 Å². The van der Waals surface area contributed by atoms with Crippen LogP contribution in [0.5, 0.6) is 0 Å². The molecule has 1 N–H and O–H groups in total. The SMILES string of the molecule is COC(=O)[C@@H]1CCCN1C(=O)[C@@H](C)NC(=O)S(=O)(=O)Cc1ccccc1. The van der Waals surface area contributed by atoms with Gasteiger partial charge in [-0.2, -0.15) is 0 Å². The summed E-state index contributed by atoms with van der Waals surface area (Å²) in [7, 11) is -2.87. The van der Waals surface area contributed by atoms with Crippen LogP contribution in [0.4, 0.5) is 4.79 Å². The van der Waals surface area contributed by atoms with Gasteiger partial charge in [0.15, 0.2) is 0 Å². The first kappa shape index (κ1) is 19.9. The molecule has 1 saturated heterocycles. The lowest BCUT2D eigenvalue weighted by Gasteiger charge is -2.26. The smallest absolute Gasteiger partial charge is 0.337 e. The zero-order valence-corrected chi connectivity index (χ0v) is 15.5. The van der Waals surface area contributed by atoms with E-state index in [0.29, 0.717) is 24.9 Å². The number of sulfone groups is 1. The minimum atomic E-state index is -4.11. The van der Waals surface area contributed by atoms with Gasteiger partial charge in [0.05, 0.1) is 12.9 Å². The van der Waals surface area contributed by atoms with E-state index in [-0.39, 0.29) is 0 Å². The Labute approximate surface area is 152 Å². The van der Waals surface area contributed by atoms with Gasteiger partial charge in [-0.05, 0) is 25.3 Å². The van der Waals surface area contributed by atoms with Crippen LogP contribution in [-0.4, -0.2) is 56.2 Å². The molecule has 0 aliphatic carbocycles. The standard InChI is InChI=1S/C17H22N2O6S/c1-12(15(20)19-10-6-9-14(19)16(21)25-2)18-17(22)26(23,24)11-13-7-4-3-5-8-13/h3-5,7-8,12,14H,6,9-11H2,1-2H3,(H,18,22)/t12-,14+/m1/s1. The van der Waals surface area contributed by atoms with Gasteiger partial charge in [-0.15, -0.1) is 0 Å². The largest absolute Gasteiger partial charge is 0.467 e. The molecule has 142 valence electrons. The quantitative estimate of drug-likeness (QED) is 0.757. The molecule has 8 nitrogen and oxygen atoms in total. The van der Waals surface area contributed by atoms with Gasteiger partial charge < -0.3 is 15.0 Å². The van der Waals surface area contributed by atoms with Crippen molar-refractivity contribution in [3.63, 3.8) is 0 Å². The molecule has 1 aliphatic heterocycles. The van der Waals surface area contributed by atoms with E-state index in [1.807, 2.05) is 0 Å². The maximum Gasteiger partial charge on any atom is 0.337 e. The number of esters is 1. The molecular formula is C17H22N2O6S. The molecule has 2 atom stereocenters. The minimum Gasteiger partial charge on any atom is -0.467 e. The van der Waals surface area contributed by atoms with E-state index in [1.165, 1.54) is 18.9 Å². The maximum atomic E-state index is 12.5. The number of hydrogen-bond acceptors (Lipinski definition) is 6. The van der Waals surface area contributed by atoms with Crippen LogP contribution in [0.15, 0.2) is 30.3 Å². The van der Waals surface area contributed by atoms with Gasteiger partial charge >= 0.3 is 11.2 Å². The number of methoxy groups -OCH3 is 1. The molecule has 0 spiro atoms. The number of likely N-dealkylation sites (tertiary alicyclic amines) is 1. The van der Waals surface area contributed by atoms with Gasteiger partial charge in [-0.1, -0.05) is 30.3 Å². The van der Waals surface area contributed by atoms with Crippen LogP contribution in [0, 0.1) is 0 Å². The van der Waals surface area contributed by atoms with Gasteiger partial charge in [0.1, 0.15) is 12.1 Å². The molecule has 1 aromatic carbocycles. The van der Waals surface area contributed by atoms with Crippen LogP contribution in [-0.2, 0) is 29.9 Å². The summed E-state index contributed by atoms with van der Waals surface area (Å²) in [6.45, 7) is 1.75. The Hall–Kier alpha value is -2.42. The molecule has 0 unspecified atom stereocenters. The average molecular weight is 382 g/mol. The van der Waals surface area contributed by atoms with Gasteiger partial charge in [-0.25, -0.2) is 13.2 Å². The van der Waals surface area contributed by atoms with Gasteiger partial charge in [0.2, 0.25) is 15.7 Å². The Bertz CT molecular complexity index is 778. The van der Waals surface area contributed by atoms with Crippen molar-refractivity contribution in [1.29, 1.82) is 0 Å². The van der Waals surface area contributed by atoms with Crippen LogP contribution >= 0.6 is 0 Å². The number of nitrogens with one attached hydrogen (secondary N) is 1. The van der Waals surface area contributed by atoms with Gasteiger partial charge in [-0.3, -0.25) is 9.59 Å². The van der Waals surface area contributed by atoms with Crippen LogP contribution in [0.3, 0.4) is 0 Å². The van der Waals surface area contributed by atoms with Crippen molar-refractivity contribution >= 4 is 27.0 Å². The molecule has 0 bridgehead atoms. The molecule has 0 radical (unpaired) electrons. The molecule has 2 rings (SSSR count). The third-order valence-electron chi connectivity index (χ3n) is 4.20. The summed E-state index contributed by atoms with van der Waals surface area (Å²) in [5, 5.41) is 1.01. The molecule has 1 aromatic rings. The van der Waals surface area contributed by atoms with E-state index in [4.69, 9.17) is 0 Å². The molecule has 2 amide bonds. The van der Waals surface area contributed by atoms with Crippen LogP contribution in [0.1, 0.15) is 25.3 Å². The van der Waals surface area contributed by atoms with Crippen molar-refractivity contribution in [2.75, 3.05) is 13.7 Å². The summed E-state index contributed by atoms with van der Waals surface area (Å²) in [6, 6.07) is 6.52. The third-order valence-corrected chi connectivity index (χ3v) is 5.59. The molecular weight excluding hydrogens is 360 g/mol. The van der Waals surface area contributed by atoms with Crippen LogP contribution < -0.4 is 5.32 Å². The molecule has 1 aliphatic rings. The highest BCUT2D eigenvalue weighted by molar-refractivity contribution is 8.05. The Balaban J connectivity index is 2.01. The third kappa shape index (κ3) is 4.60. The first-order valence-electron chi connectivity index (χ1n) is 8.21. The number of ether oxygens (including phenoxy) is 1. The Kier molecular flexibility index (Phi) is 6.36. The molecule has 1 heterocycles. The highest BCUT2D eigenvalue weighted by atomic mass is 32.2. The van der Waals surface area contributed by atoms with Crippen molar-refractivity contribution < 1.29 is 27.5 Å².